The maximum atomic E-state index is 12.7. The third-order valence-electron chi connectivity index (χ3n) is 5.42. The quantitative estimate of drug-likeness (QED) is 0.165. The molecule has 14 heteroatoms. The van der Waals surface area contributed by atoms with Gasteiger partial charge < -0.3 is 24.3 Å². The number of hydrogen-bond acceptors (Lipinski definition) is 11. The van der Waals surface area contributed by atoms with Crippen LogP contribution in [0.15, 0.2) is 61.2 Å². The van der Waals surface area contributed by atoms with Crippen LogP contribution in [-0.2, 0) is 18.9 Å². The van der Waals surface area contributed by atoms with E-state index >= 15 is 0 Å². The third-order valence-corrected chi connectivity index (χ3v) is 5.42. The van der Waals surface area contributed by atoms with E-state index in [0.717, 1.165) is 24.3 Å². The van der Waals surface area contributed by atoms with Gasteiger partial charge >= 0.3 is 18.0 Å². The van der Waals surface area contributed by atoms with Crippen LogP contribution in [0.5, 0.6) is 0 Å². The van der Waals surface area contributed by atoms with Crippen LogP contribution in [0.4, 0.5) is 16.2 Å². The Morgan fingerprint density at radius 3 is 1.95 bits per heavy atom. The summed E-state index contributed by atoms with van der Waals surface area (Å²) in [5.74, 6) is -1.65. The summed E-state index contributed by atoms with van der Waals surface area (Å²) >= 11 is 0. The fraction of sp³-hybridized carbons (Fsp3) is 0.292. The molecule has 200 valence electrons. The van der Waals surface area contributed by atoms with E-state index in [0.29, 0.717) is 0 Å². The lowest BCUT2D eigenvalue weighted by atomic mass is 9.99. The number of ether oxygens (including phenoxy) is 4. The summed E-state index contributed by atoms with van der Waals surface area (Å²) in [6.45, 7) is 4.90. The summed E-state index contributed by atoms with van der Waals surface area (Å²) in [7, 11) is 0. The number of alkyl carbamates (subject to hydrolysis) is 1. The molecule has 0 aliphatic carbocycles. The molecule has 0 bridgehead atoms. The van der Waals surface area contributed by atoms with E-state index in [9.17, 15) is 34.6 Å². The average Bonchev–Trinajstić information content (AvgIpc) is 2.89. The maximum Gasteiger partial charge on any atom is 0.407 e. The largest absolute Gasteiger partial charge is 0.454 e. The highest BCUT2D eigenvalue weighted by Gasteiger charge is 2.42. The van der Waals surface area contributed by atoms with Crippen LogP contribution < -0.4 is 5.32 Å². The Bertz CT molecular complexity index is 1210. The van der Waals surface area contributed by atoms with Gasteiger partial charge in [-0.1, -0.05) is 12.7 Å². The number of hydrogen-bond donors (Lipinski definition) is 1. The van der Waals surface area contributed by atoms with E-state index in [1.54, 1.807) is 0 Å². The highest BCUT2D eigenvalue weighted by molar-refractivity contribution is 5.90. The van der Waals surface area contributed by atoms with Crippen molar-refractivity contribution in [2.75, 3.05) is 6.61 Å². The number of benzene rings is 2. The van der Waals surface area contributed by atoms with E-state index in [2.05, 4.69) is 11.9 Å². The first-order valence-corrected chi connectivity index (χ1v) is 11.2. The number of nitrogens with one attached hydrogen (secondary N) is 1. The molecule has 0 aromatic heterocycles. The van der Waals surface area contributed by atoms with Crippen LogP contribution in [0.3, 0.4) is 0 Å². The minimum atomic E-state index is -1.17. The van der Waals surface area contributed by atoms with Gasteiger partial charge in [0.2, 0.25) is 6.29 Å². The molecule has 0 spiro atoms. The van der Waals surface area contributed by atoms with Crippen LogP contribution >= 0.6 is 0 Å². The van der Waals surface area contributed by atoms with Gasteiger partial charge in [0.15, 0.2) is 0 Å². The molecular weight excluding hydrogens is 506 g/mol. The second kappa shape index (κ2) is 12.4. The number of nitro benzene ring substituents is 2. The molecule has 1 saturated heterocycles. The smallest absolute Gasteiger partial charge is 0.407 e. The lowest BCUT2D eigenvalue weighted by Gasteiger charge is -2.39. The molecule has 1 aliphatic rings. The zero-order valence-electron chi connectivity index (χ0n) is 20.0. The molecule has 0 saturated carbocycles. The lowest BCUT2D eigenvalue weighted by Crippen LogP contribution is -2.57. The van der Waals surface area contributed by atoms with Crippen LogP contribution in [-0.4, -0.2) is 59.0 Å². The molecule has 1 heterocycles. The Morgan fingerprint density at radius 2 is 1.47 bits per heavy atom. The first kappa shape index (κ1) is 27.7. The SMILES string of the molecule is C=CCOC(=O)N[C@H]1CC(OC(=O)c2ccc([N+](=O)[O-])cc2)O[C@@H](C)[C@H]1OC(=O)c1ccc([N+](=O)[O-])cc1. The van der Waals surface area contributed by atoms with Gasteiger partial charge in [0, 0.05) is 30.7 Å². The Balaban J connectivity index is 1.73. The maximum absolute atomic E-state index is 12.7. The summed E-state index contributed by atoms with van der Waals surface area (Å²) in [5, 5.41) is 24.2. The van der Waals surface area contributed by atoms with E-state index in [1.807, 2.05) is 0 Å². The molecule has 1 fully saturated rings. The molecule has 0 radical (unpaired) electrons. The highest BCUT2D eigenvalue weighted by Crippen LogP contribution is 2.26. The van der Waals surface area contributed by atoms with Gasteiger partial charge in [-0.15, -0.1) is 0 Å². The van der Waals surface area contributed by atoms with E-state index in [1.165, 1.54) is 37.3 Å². The summed E-state index contributed by atoms with van der Waals surface area (Å²) < 4.78 is 21.6. The third kappa shape index (κ3) is 7.10. The summed E-state index contributed by atoms with van der Waals surface area (Å²) in [6.07, 6.45) is -2.74. The Kier molecular flexibility index (Phi) is 9.05. The fourth-order valence-electron chi connectivity index (χ4n) is 3.58. The van der Waals surface area contributed by atoms with Crippen LogP contribution in [0.2, 0.25) is 0 Å². The molecule has 3 rings (SSSR count). The van der Waals surface area contributed by atoms with Crippen molar-refractivity contribution in [1.82, 2.24) is 5.32 Å². The van der Waals surface area contributed by atoms with Gasteiger partial charge in [-0.2, -0.15) is 0 Å². The number of esters is 2. The highest BCUT2D eigenvalue weighted by atomic mass is 16.7. The Labute approximate surface area is 215 Å². The van der Waals surface area contributed by atoms with Crippen molar-refractivity contribution in [2.24, 2.45) is 0 Å². The molecule has 1 amide bonds. The van der Waals surface area contributed by atoms with E-state index in [-0.39, 0.29) is 35.5 Å². The summed E-state index contributed by atoms with van der Waals surface area (Å²) in [5.41, 5.74) is -0.349. The minimum Gasteiger partial charge on any atom is -0.454 e. The van der Waals surface area contributed by atoms with Gasteiger partial charge in [0.05, 0.1) is 33.1 Å². The average molecular weight is 529 g/mol. The number of rotatable bonds is 9. The van der Waals surface area contributed by atoms with Gasteiger partial charge in [0.25, 0.3) is 11.4 Å². The molecular formula is C24H23N3O11. The first-order valence-electron chi connectivity index (χ1n) is 11.2. The molecule has 4 atom stereocenters. The monoisotopic (exact) mass is 529 g/mol. The van der Waals surface area contributed by atoms with Crippen LogP contribution in [0.25, 0.3) is 0 Å². The summed E-state index contributed by atoms with van der Waals surface area (Å²) in [4.78, 5) is 58.0. The molecule has 1 N–H and O–H groups in total. The zero-order valence-corrected chi connectivity index (χ0v) is 20.0. The molecule has 1 unspecified atom stereocenters. The molecule has 2 aromatic rings. The second-order valence-corrected chi connectivity index (χ2v) is 8.03. The predicted octanol–water partition coefficient (Wildman–Crippen LogP) is 3.30. The molecule has 14 nitrogen and oxygen atoms in total. The molecule has 2 aromatic carbocycles. The van der Waals surface area contributed by atoms with Gasteiger partial charge in [0.1, 0.15) is 12.7 Å². The molecule has 1 aliphatic heterocycles. The van der Waals surface area contributed by atoms with Crippen molar-refractivity contribution in [3.8, 4) is 0 Å². The number of non-ortho nitro benzene ring substituents is 2. The van der Waals surface area contributed by atoms with E-state index in [4.69, 9.17) is 18.9 Å². The van der Waals surface area contributed by atoms with Crippen molar-refractivity contribution < 1.29 is 43.2 Å². The van der Waals surface area contributed by atoms with Gasteiger partial charge in [-0.3, -0.25) is 20.2 Å². The predicted molar refractivity (Wildman–Crippen MR) is 128 cm³/mol. The second-order valence-electron chi connectivity index (χ2n) is 8.03. The van der Waals surface area contributed by atoms with Crippen molar-refractivity contribution in [2.45, 2.75) is 37.9 Å². The fourth-order valence-corrected chi connectivity index (χ4v) is 3.58. The topological polar surface area (TPSA) is 186 Å². The zero-order chi connectivity index (χ0) is 27.8. The van der Waals surface area contributed by atoms with Crippen molar-refractivity contribution in [3.05, 3.63) is 92.5 Å². The number of amides is 1. The van der Waals surface area contributed by atoms with Gasteiger partial charge in [-0.05, 0) is 31.2 Å². The molecule has 38 heavy (non-hydrogen) atoms. The minimum absolute atomic E-state index is 0.0301. The van der Waals surface area contributed by atoms with Crippen LogP contribution in [0.1, 0.15) is 34.1 Å². The Hall–Kier alpha value is -4.85. The van der Waals surface area contributed by atoms with Crippen molar-refractivity contribution >= 4 is 29.4 Å². The standard InChI is InChI=1S/C24H23N3O11/c1-3-12-35-24(30)25-19-13-20(37-22(28)15-4-8-17(9-5-15)26(31)32)36-14(2)21(19)38-23(29)16-6-10-18(11-7-16)27(33)34/h3-11,14,19-21H,1,12-13H2,2H3,(H,25,30)/t14-,19-,20?,21+/m0/s1. The number of carbonyl (C=O) groups is 3. The summed E-state index contributed by atoms with van der Waals surface area (Å²) in [6, 6.07) is 8.57. The Morgan fingerprint density at radius 1 is 0.974 bits per heavy atom. The number of nitrogens with zero attached hydrogens (tertiary/aromatic N) is 2. The number of carbonyl (C=O) groups excluding carboxylic acids is 3. The van der Waals surface area contributed by atoms with Crippen LogP contribution in [0, 0.1) is 20.2 Å². The van der Waals surface area contributed by atoms with Crippen molar-refractivity contribution in [3.63, 3.8) is 0 Å². The first-order chi connectivity index (χ1) is 18.1. The van der Waals surface area contributed by atoms with Gasteiger partial charge in [-0.25, -0.2) is 14.4 Å². The van der Waals surface area contributed by atoms with Crippen molar-refractivity contribution in [1.29, 1.82) is 0 Å². The normalized spacial score (nSPS) is 20.4. The number of nitro groups is 2. The van der Waals surface area contributed by atoms with E-state index < -0.39 is 52.4 Å². The lowest BCUT2D eigenvalue weighted by molar-refractivity contribution is -0.385.